The predicted molar refractivity (Wildman–Crippen MR) is 67.3 cm³/mol. The van der Waals surface area contributed by atoms with Gasteiger partial charge in [0.2, 0.25) is 0 Å². The number of aliphatic hydroxyl groups is 1. The van der Waals surface area contributed by atoms with Crippen LogP contribution in [0, 0.1) is 10.1 Å². The molecule has 0 amide bonds. The van der Waals surface area contributed by atoms with Crippen molar-refractivity contribution in [3.05, 3.63) is 28.3 Å². The Balaban J connectivity index is 2.85. The average molecular weight is 256 g/mol. The predicted octanol–water partition coefficient (Wildman–Crippen LogP) is 0.300. The van der Waals surface area contributed by atoms with Crippen LogP contribution in [-0.4, -0.2) is 36.4 Å². The van der Waals surface area contributed by atoms with Crippen LogP contribution in [0.1, 0.15) is 0 Å². The number of rotatable bonds is 7. The zero-order valence-corrected chi connectivity index (χ0v) is 9.92. The summed E-state index contributed by atoms with van der Waals surface area (Å²) in [6, 6.07) is 4.65. The standard InChI is InChI=1S/C10H16N4O4/c1-18-6-7(15)5-12-8-3-2-4-9(13-11)10(8)14(16)17/h2-4,7,12-13,15H,5-6,11H2,1H3. The average Bonchev–Trinajstić information content (AvgIpc) is 2.35. The molecule has 1 rings (SSSR count). The topological polar surface area (TPSA) is 123 Å². The van der Waals surface area contributed by atoms with Crippen LogP contribution in [0.5, 0.6) is 0 Å². The molecule has 0 aliphatic heterocycles. The number of nitrogens with two attached hydrogens (primary N) is 1. The third kappa shape index (κ3) is 3.55. The van der Waals surface area contributed by atoms with E-state index in [-0.39, 0.29) is 30.2 Å². The molecule has 18 heavy (non-hydrogen) atoms. The van der Waals surface area contributed by atoms with Gasteiger partial charge in [0.25, 0.3) is 0 Å². The maximum atomic E-state index is 11.0. The minimum absolute atomic E-state index is 0.142. The Labute approximate surface area is 104 Å². The first-order valence-electron chi connectivity index (χ1n) is 5.25. The SMILES string of the molecule is COCC(O)CNc1cccc(NN)c1[N+](=O)[O-]. The molecule has 0 aliphatic rings. The number of para-hydroxylation sites is 1. The Morgan fingerprint density at radius 3 is 2.78 bits per heavy atom. The van der Waals surface area contributed by atoms with Crippen molar-refractivity contribution in [1.29, 1.82) is 0 Å². The first-order valence-corrected chi connectivity index (χ1v) is 5.25. The molecule has 1 aromatic rings. The van der Waals surface area contributed by atoms with Crippen molar-refractivity contribution in [2.45, 2.75) is 6.10 Å². The number of hydrazine groups is 1. The smallest absolute Gasteiger partial charge is 0.316 e. The van der Waals surface area contributed by atoms with Gasteiger partial charge in [0, 0.05) is 13.7 Å². The van der Waals surface area contributed by atoms with E-state index in [1.807, 2.05) is 0 Å². The highest BCUT2D eigenvalue weighted by atomic mass is 16.6. The van der Waals surface area contributed by atoms with Gasteiger partial charge in [-0.2, -0.15) is 0 Å². The van der Waals surface area contributed by atoms with Crippen LogP contribution < -0.4 is 16.6 Å². The molecule has 8 nitrogen and oxygen atoms in total. The molecule has 1 unspecified atom stereocenters. The minimum Gasteiger partial charge on any atom is -0.389 e. The number of aliphatic hydroxyl groups excluding tert-OH is 1. The van der Waals surface area contributed by atoms with Crippen molar-refractivity contribution in [3.8, 4) is 0 Å². The van der Waals surface area contributed by atoms with Gasteiger partial charge in [-0.15, -0.1) is 0 Å². The molecule has 1 atom stereocenters. The number of methoxy groups -OCH3 is 1. The van der Waals surface area contributed by atoms with Crippen LogP contribution in [-0.2, 0) is 4.74 Å². The fourth-order valence-corrected chi connectivity index (χ4v) is 1.48. The van der Waals surface area contributed by atoms with E-state index in [2.05, 4.69) is 10.7 Å². The summed E-state index contributed by atoms with van der Waals surface area (Å²) in [5.41, 5.74) is 2.58. The molecular formula is C10H16N4O4. The number of nitrogens with zero attached hydrogens (tertiary/aromatic N) is 1. The van der Waals surface area contributed by atoms with Crippen molar-refractivity contribution >= 4 is 17.1 Å². The fourth-order valence-electron chi connectivity index (χ4n) is 1.48. The van der Waals surface area contributed by atoms with Crippen molar-refractivity contribution in [2.24, 2.45) is 5.84 Å². The Morgan fingerprint density at radius 2 is 2.22 bits per heavy atom. The van der Waals surface area contributed by atoms with Crippen LogP contribution in [0.3, 0.4) is 0 Å². The Hall–Kier alpha value is -1.90. The zero-order chi connectivity index (χ0) is 13.5. The lowest BCUT2D eigenvalue weighted by Gasteiger charge is -2.13. The molecule has 0 radical (unpaired) electrons. The molecule has 100 valence electrons. The Bertz CT molecular complexity index is 413. The van der Waals surface area contributed by atoms with Crippen molar-refractivity contribution in [1.82, 2.24) is 0 Å². The van der Waals surface area contributed by atoms with Crippen LogP contribution in [0.25, 0.3) is 0 Å². The number of benzene rings is 1. The van der Waals surface area contributed by atoms with Gasteiger partial charge in [0.1, 0.15) is 11.4 Å². The molecule has 0 heterocycles. The molecule has 0 saturated heterocycles. The summed E-state index contributed by atoms with van der Waals surface area (Å²) in [7, 11) is 1.46. The van der Waals surface area contributed by atoms with Crippen LogP contribution >= 0.6 is 0 Å². The summed E-state index contributed by atoms with van der Waals surface area (Å²) in [5, 5.41) is 23.2. The first-order chi connectivity index (χ1) is 8.60. The van der Waals surface area contributed by atoms with E-state index in [1.54, 1.807) is 12.1 Å². The maximum absolute atomic E-state index is 11.0. The van der Waals surface area contributed by atoms with Gasteiger partial charge in [-0.3, -0.25) is 16.0 Å². The number of nitrogens with one attached hydrogen (secondary N) is 2. The third-order valence-electron chi connectivity index (χ3n) is 2.26. The number of hydrogen-bond donors (Lipinski definition) is 4. The lowest BCUT2D eigenvalue weighted by molar-refractivity contribution is -0.383. The normalized spacial score (nSPS) is 11.9. The van der Waals surface area contributed by atoms with Crippen molar-refractivity contribution in [3.63, 3.8) is 0 Å². The van der Waals surface area contributed by atoms with Crippen LogP contribution in [0.2, 0.25) is 0 Å². The molecule has 0 spiro atoms. The summed E-state index contributed by atoms with van der Waals surface area (Å²) in [4.78, 5) is 10.4. The van der Waals surface area contributed by atoms with Gasteiger partial charge < -0.3 is 20.6 Å². The molecule has 0 aromatic heterocycles. The quantitative estimate of drug-likeness (QED) is 0.314. The molecule has 5 N–H and O–H groups in total. The molecule has 8 heteroatoms. The monoisotopic (exact) mass is 256 g/mol. The third-order valence-corrected chi connectivity index (χ3v) is 2.26. The molecule has 0 bridgehead atoms. The molecule has 0 saturated carbocycles. The second-order valence-corrected chi connectivity index (χ2v) is 3.59. The van der Waals surface area contributed by atoms with E-state index in [0.29, 0.717) is 0 Å². The summed E-state index contributed by atoms with van der Waals surface area (Å²) in [6.07, 6.45) is -0.746. The van der Waals surface area contributed by atoms with Gasteiger partial charge in [-0.1, -0.05) is 6.07 Å². The van der Waals surface area contributed by atoms with E-state index in [1.165, 1.54) is 13.2 Å². The van der Waals surface area contributed by atoms with Crippen molar-refractivity contribution in [2.75, 3.05) is 31.0 Å². The van der Waals surface area contributed by atoms with Crippen LogP contribution in [0.4, 0.5) is 17.1 Å². The van der Waals surface area contributed by atoms with Crippen molar-refractivity contribution < 1.29 is 14.8 Å². The second-order valence-electron chi connectivity index (χ2n) is 3.59. The Kier molecular flexibility index (Phi) is 5.31. The highest BCUT2D eigenvalue weighted by molar-refractivity contribution is 5.75. The zero-order valence-electron chi connectivity index (χ0n) is 9.92. The highest BCUT2D eigenvalue weighted by Crippen LogP contribution is 2.31. The molecule has 0 aliphatic carbocycles. The number of nitro groups is 1. The summed E-state index contributed by atoms with van der Waals surface area (Å²) in [6.45, 7) is 0.290. The summed E-state index contributed by atoms with van der Waals surface area (Å²) in [5.74, 6) is 5.21. The van der Waals surface area contributed by atoms with E-state index in [4.69, 9.17) is 10.6 Å². The van der Waals surface area contributed by atoms with Crippen LogP contribution in [0.15, 0.2) is 18.2 Å². The summed E-state index contributed by atoms with van der Waals surface area (Å²) >= 11 is 0. The number of nitrogen functional groups attached to an aromatic ring is 1. The Morgan fingerprint density at radius 1 is 1.56 bits per heavy atom. The number of anilines is 2. The first kappa shape index (κ1) is 14.2. The molecule has 0 fully saturated rings. The molecule has 1 aromatic carbocycles. The van der Waals surface area contributed by atoms with E-state index >= 15 is 0 Å². The number of ether oxygens (including phenoxy) is 1. The summed E-state index contributed by atoms with van der Waals surface area (Å²) < 4.78 is 4.76. The van der Waals surface area contributed by atoms with Gasteiger partial charge in [-0.05, 0) is 12.1 Å². The van der Waals surface area contributed by atoms with Gasteiger partial charge in [0.05, 0.1) is 17.6 Å². The van der Waals surface area contributed by atoms with E-state index < -0.39 is 11.0 Å². The lowest BCUT2D eigenvalue weighted by Crippen LogP contribution is -2.24. The van der Waals surface area contributed by atoms with E-state index in [0.717, 1.165) is 0 Å². The molecular weight excluding hydrogens is 240 g/mol. The van der Waals surface area contributed by atoms with Gasteiger partial charge >= 0.3 is 5.69 Å². The number of hydrogen-bond acceptors (Lipinski definition) is 7. The minimum atomic E-state index is -0.746. The highest BCUT2D eigenvalue weighted by Gasteiger charge is 2.19. The lowest BCUT2D eigenvalue weighted by atomic mass is 10.2. The van der Waals surface area contributed by atoms with E-state index in [9.17, 15) is 15.2 Å². The largest absolute Gasteiger partial charge is 0.389 e. The van der Waals surface area contributed by atoms with Gasteiger partial charge in [0.15, 0.2) is 0 Å². The fraction of sp³-hybridized carbons (Fsp3) is 0.400. The van der Waals surface area contributed by atoms with Gasteiger partial charge in [-0.25, -0.2) is 0 Å². The number of nitro benzene ring substituents is 1. The second kappa shape index (κ2) is 6.74. The maximum Gasteiger partial charge on any atom is 0.316 e.